The number of rotatable bonds is 10. The van der Waals surface area contributed by atoms with Crippen LogP contribution in [0.5, 0.6) is 0 Å². The SMILES string of the molecule is O=C(Nc1ccccc1)Nc1ncnc2c1ncn2[C@@H]1O[C@H](COP(=O)(O)OP(=O)(O)Cc2ccccc2)C(O)[C@@H]1O. The molecule has 0 spiro atoms. The minimum Gasteiger partial charge on any atom is -0.387 e. The van der Waals surface area contributed by atoms with Crippen molar-refractivity contribution in [3.63, 3.8) is 0 Å². The van der Waals surface area contributed by atoms with Gasteiger partial charge in [-0.3, -0.25) is 19.0 Å². The van der Waals surface area contributed by atoms with E-state index in [4.69, 9.17) is 9.26 Å². The van der Waals surface area contributed by atoms with Crippen LogP contribution in [0.15, 0.2) is 73.3 Å². The summed E-state index contributed by atoms with van der Waals surface area (Å²) in [6.07, 6.45) is -3.94. The van der Waals surface area contributed by atoms with Crippen LogP contribution >= 0.6 is 15.4 Å². The van der Waals surface area contributed by atoms with E-state index < -0.39 is 58.8 Å². The number of fused-ring (bicyclic) bond motifs is 1. The molecule has 222 valence electrons. The minimum absolute atomic E-state index is 0.0578. The van der Waals surface area contributed by atoms with Crippen LogP contribution in [0.2, 0.25) is 0 Å². The summed E-state index contributed by atoms with van der Waals surface area (Å²) in [5, 5.41) is 26.4. The number of carbonyl (C=O) groups excluding carboxylic acids is 1. The molecule has 1 fully saturated rings. The highest BCUT2D eigenvalue weighted by Crippen LogP contribution is 2.61. The van der Waals surface area contributed by atoms with E-state index in [1.54, 1.807) is 60.7 Å². The molecule has 0 bridgehead atoms. The van der Waals surface area contributed by atoms with Gasteiger partial charge in [-0.15, -0.1) is 0 Å². The average Bonchev–Trinajstić information content (AvgIpc) is 3.49. The smallest absolute Gasteiger partial charge is 0.387 e. The van der Waals surface area contributed by atoms with Crippen LogP contribution < -0.4 is 10.6 Å². The van der Waals surface area contributed by atoms with Gasteiger partial charge in [0, 0.05) is 5.69 Å². The molecule has 4 aromatic rings. The predicted octanol–water partition coefficient (Wildman–Crippen LogP) is 2.61. The lowest BCUT2D eigenvalue weighted by Crippen LogP contribution is -2.33. The van der Waals surface area contributed by atoms with Gasteiger partial charge >= 0.3 is 21.4 Å². The normalized spacial score (nSPS) is 23.2. The Labute approximate surface area is 238 Å². The van der Waals surface area contributed by atoms with Crippen molar-refractivity contribution in [1.29, 1.82) is 0 Å². The summed E-state index contributed by atoms with van der Waals surface area (Å²) in [4.78, 5) is 44.9. The van der Waals surface area contributed by atoms with Crippen molar-refractivity contribution in [2.45, 2.75) is 30.7 Å². The molecular formula is C24H26N6O10P2. The number of para-hydroxylation sites is 1. The quantitative estimate of drug-likeness (QED) is 0.140. The molecule has 0 aliphatic carbocycles. The van der Waals surface area contributed by atoms with Gasteiger partial charge in [-0.2, -0.15) is 0 Å². The molecule has 3 unspecified atom stereocenters. The number of urea groups is 1. The third-order valence-corrected chi connectivity index (χ3v) is 9.18. The fraction of sp³-hybridized carbons (Fsp3) is 0.250. The number of phosphoric acid groups is 1. The first-order chi connectivity index (χ1) is 20.0. The number of amides is 2. The van der Waals surface area contributed by atoms with Crippen LogP contribution in [0.25, 0.3) is 11.2 Å². The van der Waals surface area contributed by atoms with Gasteiger partial charge in [-0.25, -0.2) is 28.6 Å². The molecule has 0 radical (unpaired) electrons. The molecule has 1 aliphatic rings. The molecule has 16 nitrogen and oxygen atoms in total. The maximum atomic E-state index is 12.4. The van der Waals surface area contributed by atoms with Crippen LogP contribution in [0.1, 0.15) is 11.8 Å². The zero-order valence-corrected chi connectivity index (χ0v) is 23.4. The Bertz CT molecular complexity index is 1640. The number of aliphatic hydroxyl groups excluding tert-OH is 2. The van der Waals surface area contributed by atoms with Crippen LogP contribution in [0.4, 0.5) is 16.3 Å². The lowest BCUT2D eigenvalue weighted by molar-refractivity contribution is -0.0501. The van der Waals surface area contributed by atoms with E-state index in [0.29, 0.717) is 11.3 Å². The molecule has 42 heavy (non-hydrogen) atoms. The molecule has 18 heteroatoms. The molecular weight excluding hydrogens is 594 g/mol. The van der Waals surface area contributed by atoms with Crippen molar-refractivity contribution in [1.82, 2.24) is 19.5 Å². The van der Waals surface area contributed by atoms with Crippen LogP contribution in [0, 0.1) is 0 Å². The van der Waals surface area contributed by atoms with E-state index in [0.717, 1.165) is 6.33 Å². The fourth-order valence-corrected chi connectivity index (χ4v) is 6.93. The van der Waals surface area contributed by atoms with E-state index in [-0.39, 0.29) is 17.0 Å². The number of benzene rings is 2. The minimum atomic E-state index is -5.09. The van der Waals surface area contributed by atoms with Crippen molar-refractivity contribution in [2.75, 3.05) is 17.2 Å². The second-order valence-electron chi connectivity index (χ2n) is 9.16. The largest absolute Gasteiger partial charge is 0.479 e. The van der Waals surface area contributed by atoms with Crippen LogP contribution in [0.3, 0.4) is 0 Å². The standard InChI is InChI=1S/C24H26N6O10P2/c31-19-17(11-38-42(36,37)40-41(34,35)12-15-7-3-1-4-8-15)39-23(20(19)32)30-14-27-18-21(25-13-26-22(18)30)29-24(33)28-16-9-5-2-6-10-16/h1-10,13-14,17,19-20,23,31-32H,11-12H2,(H,34,35)(H,36,37)(H2,25,26,28,29,33)/t17-,19?,20+,23-/m1/s1. The van der Waals surface area contributed by atoms with Gasteiger partial charge in [-0.05, 0) is 17.7 Å². The topological polar surface area (TPSA) is 227 Å². The number of hydrogen-bond acceptors (Lipinski definition) is 11. The molecule has 2 amide bonds. The molecule has 2 aromatic heterocycles. The lowest BCUT2D eigenvalue weighted by atomic mass is 10.1. The summed E-state index contributed by atoms with van der Waals surface area (Å²) >= 11 is 0. The second kappa shape index (κ2) is 12.4. The summed E-state index contributed by atoms with van der Waals surface area (Å²) in [6, 6.07) is 16.1. The number of carbonyl (C=O) groups is 1. The fourth-order valence-electron chi connectivity index (χ4n) is 4.21. The van der Waals surface area contributed by atoms with Crippen LogP contribution in [-0.4, -0.2) is 70.5 Å². The number of aromatic nitrogens is 4. The lowest BCUT2D eigenvalue weighted by Gasteiger charge is -2.19. The summed E-state index contributed by atoms with van der Waals surface area (Å²) in [5.74, 6) is 0.0578. The van der Waals surface area contributed by atoms with E-state index in [1.807, 2.05) is 0 Å². The van der Waals surface area contributed by atoms with Crippen LogP contribution in [-0.2, 0) is 28.9 Å². The zero-order valence-electron chi connectivity index (χ0n) is 21.6. The third-order valence-electron chi connectivity index (χ3n) is 6.09. The number of nitrogens with zero attached hydrogens (tertiary/aromatic N) is 4. The van der Waals surface area contributed by atoms with Gasteiger partial charge in [-0.1, -0.05) is 48.5 Å². The number of ether oxygens (including phenoxy) is 1. The second-order valence-corrected chi connectivity index (χ2v) is 12.6. The zero-order chi connectivity index (χ0) is 29.9. The van der Waals surface area contributed by atoms with Crippen molar-refractivity contribution in [3.05, 3.63) is 78.9 Å². The maximum absolute atomic E-state index is 12.4. The van der Waals surface area contributed by atoms with Gasteiger partial charge in [0.1, 0.15) is 24.6 Å². The summed E-state index contributed by atoms with van der Waals surface area (Å²) < 4.78 is 41.1. The summed E-state index contributed by atoms with van der Waals surface area (Å²) in [6.45, 7) is -0.776. The highest BCUT2D eigenvalue weighted by atomic mass is 31.3. The number of nitrogens with one attached hydrogen (secondary N) is 2. The Morgan fingerprint density at radius 1 is 0.952 bits per heavy atom. The molecule has 6 atom stereocenters. The molecule has 2 aromatic carbocycles. The monoisotopic (exact) mass is 620 g/mol. The Balaban J connectivity index is 1.23. The van der Waals surface area contributed by atoms with Gasteiger partial charge in [0.05, 0.1) is 19.1 Å². The Morgan fingerprint density at radius 2 is 1.64 bits per heavy atom. The number of anilines is 2. The van der Waals surface area contributed by atoms with Crippen molar-refractivity contribution in [3.8, 4) is 0 Å². The van der Waals surface area contributed by atoms with E-state index in [1.165, 1.54) is 10.9 Å². The molecule has 0 saturated carbocycles. The Kier molecular flexibility index (Phi) is 8.80. The average molecular weight is 620 g/mol. The maximum Gasteiger partial charge on any atom is 0.479 e. The first-order valence-electron chi connectivity index (χ1n) is 12.4. The number of hydrogen-bond donors (Lipinski definition) is 6. The predicted molar refractivity (Wildman–Crippen MR) is 147 cm³/mol. The highest BCUT2D eigenvalue weighted by molar-refractivity contribution is 7.63. The van der Waals surface area contributed by atoms with Gasteiger partial charge < -0.3 is 30.1 Å². The van der Waals surface area contributed by atoms with Crippen molar-refractivity contribution >= 4 is 44.1 Å². The molecule has 1 saturated heterocycles. The van der Waals surface area contributed by atoms with Crippen molar-refractivity contribution < 1.29 is 47.5 Å². The molecule has 1 aliphatic heterocycles. The molecule has 5 rings (SSSR count). The third kappa shape index (κ3) is 7.07. The first kappa shape index (κ1) is 29.9. The summed E-state index contributed by atoms with van der Waals surface area (Å²) in [7, 11) is -9.68. The molecule has 3 heterocycles. The Hall–Kier alpha value is -3.56. The Morgan fingerprint density at radius 3 is 2.36 bits per heavy atom. The van der Waals surface area contributed by atoms with Gasteiger partial charge in [0.15, 0.2) is 23.2 Å². The van der Waals surface area contributed by atoms with E-state index in [2.05, 4.69) is 29.9 Å². The number of phosphoric ester groups is 1. The highest BCUT2D eigenvalue weighted by Gasteiger charge is 2.46. The van der Waals surface area contributed by atoms with Crippen molar-refractivity contribution in [2.24, 2.45) is 0 Å². The summed E-state index contributed by atoms with van der Waals surface area (Å²) in [5.41, 5.74) is 1.23. The van der Waals surface area contributed by atoms with E-state index in [9.17, 15) is 33.9 Å². The van der Waals surface area contributed by atoms with Gasteiger partial charge in [0.25, 0.3) is 0 Å². The number of imidazole rings is 1. The molecule has 6 N–H and O–H groups in total. The van der Waals surface area contributed by atoms with Gasteiger partial charge in [0.2, 0.25) is 0 Å². The first-order valence-corrected chi connectivity index (χ1v) is 15.6. The number of aliphatic hydroxyl groups is 2. The van der Waals surface area contributed by atoms with E-state index >= 15 is 0 Å².